The van der Waals surface area contributed by atoms with Gasteiger partial charge in [-0.15, -0.1) is 0 Å². The normalized spacial score (nSPS) is 12.8. The van der Waals surface area contributed by atoms with E-state index in [1.54, 1.807) is 0 Å². The zero-order chi connectivity index (χ0) is 12.0. The van der Waals surface area contributed by atoms with Crippen molar-refractivity contribution in [1.82, 2.24) is 0 Å². The maximum absolute atomic E-state index is 5.74. The van der Waals surface area contributed by atoms with Crippen LogP contribution < -0.4 is 4.74 Å². The van der Waals surface area contributed by atoms with Crippen LogP contribution in [-0.2, 0) is 0 Å². The second-order valence-corrected chi connectivity index (χ2v) is 4.86. The minimum Gasteiger partial charge on any atom is -0.493 e. The molecule has 0 saturated heterocycles. The summed E-state index contributed by atoms with van der Waals surface area (Å²) in [4.78, 5) is 0. The molecule has 1 atom stereocenters. The lowest BCUT2D eigenvalue weighted by Gasteiger charge is -2.14. The fourth-order valence-electron chi connectivity index (χ4n) is 1.46. The molecule has 1 aromatic carbocycles. The molecule has 0 fully saturated rings. The molecule has 16 heavy (non-hydrogen) atoms. The lowest BCUT2D eigenvalue weighted by atomic mass is 10.0. The maximum atomic E-state index is 5.74. The minimum absolute atomic E-state index is 0.549. The number of hydrogen-bond acceptors (Lipinski definition) is 2. The molecule has 0 bridgehead atoms. The first-order chi connectivity index (χ1) is 7.67. The Morgan fingerprint density at radius 1 is 1.19 bits per heavy atom. The van der Waals surface area contributed by atoms with Crippen LogP contribution in [0.25, 0.3) is 0 Å². The van der Waals surface area contributed by atoms with Gasteiger partial charge in [-0.2, -0.15) is 12.6 Å². The molecule has 1 unspecified atom stereocenters. The minimum atomic E-state index is 0.549. The Morgan fingerprint density at radius 3 is 2.25 bits per heavy atom. The van der Waals surface area contributed by atoms with Crippen LogP contribution in [0.3, 0.4) is 0 Å². The molecule has 1 aromatic rings. The van der Waals surface area contributed by atoms with Gasteiger partial charge in [0.1, 0.15) is 5.75 Å². The Morgan fingerprint density at radius 2 is 1.81 bits per heavy atom. The summed E-state index contributed by atoms with van der Waals surface area (Å²) in [5.41, 5.74) is 1.36. The average Bonchev–Trinajstić information content (AvgIpc) is 2.31. The third-order valence-electron chi connectivity index (χ3n) is 2.87. The first kappa shape index (κ1) is 13.4. The van der Waals surface area contributed by atoms with E-state index in [4.69, 9.17) is 4.74 Å². The van der Waals surface area contributed by atoms with Crippen LogP contribution in [0.15, 0.2) is 24.3 Å². The predicted octanol–water partition coefficient (Wildman–Crippen LogP) is 4.14. The predicted molar refractivity (Wildman–Crippen MR) is 73.7 cm³/mol. The van der Waals surface area contributed by atoms with E-state index < -0.39 is 0 Å². The molecule has 0 amide bonds. The van der Waals surface area contributed by atoms with Gasteiger partial charge >= 0.3 is 0 Å². The SMILES string of the molecule is CCC(CS)COc1ccc(C(C)C)cc1. The molecule has 0 aromatic heterocycles. The Balaban J connectivity index is 2.49. The van der Waals surface area contributed by atoms with Crippen LogP contribution in [0.5, 0.6) is 5.75 Å². The highest BCUT2D eigenvalue weighted by Gasteiger charge is 2.05. The summed E-state index contributed by atoms with van der Waals surface area (Å²) in [5, 5.41) is 0. The number of rotatable bonds is 6. The summed E-state index contributed by atoms with van der Waals surface area (Å²) < 4.78 is 5.74. The van der Waals surface area contributed by atoms with Crippen molar-refractivity contribution in [2.45, 2.75) is 33.1 Å². The maximum Gasteiger partial charge on any atom is 0.119 e. The van der Waals surface area contributed by atoms with Gasteiger partial charge in [-0.25, -0.2) is 0 Å². The molecule has 0 heterocycles. The third-order valence-corrected chi connectivity index (χ3v) is 3.38. The van der Waals surface area contributed by atoms with Crippen molar-refractivity contribution < 1.29 is 4.74 Å². The van der Waals surface area contributed by atoms with Gasteiger partial charge in [-0.1, -0.05) is 32.9 Å². The first-order valence-corrected chi connectivity index (χ1v) is 6.64. The Bertz CT molecular complexity index is 288. The highest BCUT2D eigenvalue weighted by molar-refractivity contribution is 7.80. The van der Waals surface area contributed by atoms with Crippen LogP contribution in [0.1, 0.15) is 38.7 Å². The van der Waals surface area contributed by atoms with E-state index in [0.717, 1.165) is 24.5 Å². The largest absolute Gasteiger partial charge is 0.493 e. The summed E-state index contributed by atoms with van der Waals surface area (Å²) in [6.07, 6.45) is 1.12. The van der Waals surface area contributed by atoms with Crippen molar-refractivity contribution in [3.05, 3.63) is 29.8 Å². The van der Waals surface area contributed by atoms with Crippen LogP contribution in [0.2, 0.25) is 0 Å². The molecule has 0 radical (unpaired) electrons. The van der Waals surface area contributed by atoms with E-state index in [2.05, 4.69) is 57.7 Å². The van der Waals surface area contributed by atoms with Gasteiger partial charge in [0.25, 0.3) is 0 Å². The molecule has 90 valence electrons. The van der Waals surface area contributed by atoms with E-state index >= 15 is 0 Å². The second kappa shape index (κ2) is 6.85. The Hall–Kier alpha value is -0.630. The monoisotopic (exact) mass is 238 g/mol. The number of benzene rings is 1. The summed E-state index contributed by atoms with van der Waals surface area (Å²) in [7, 11) is 0. The van der Waals surface area contributed by atoms with Crippen LogP contribution in [0, 0.1) is 5.92 Å². The van der Waals surface area contributed by atoms with Gasteiger partial charge in [0.05, 0.1) is 6.61 Å². The number of ether oxygens (including phenoxy) is 1. The fourth-order valence-corrected chi connectivity index (χ4v) is 1.83. The highest BCUT2D eigenvalue weighted by Crippen LogP contribution is 2.19. The van der Waals surface area contributed by atoms with E-state index in [0.29, 0.717) is 11.8 Å². The number of hydrogen-bond donors (Lipinski definition) is 1. The molecule has 1 rings (SSSR count). The molecule has 0 saturated carbocycles. The molecular weight excluding hydrogens is 216 g/mol. The Labute approximate surface area is 105 Å². The molecule has 0 aliphatic carbocycles. The fraction of sp³-hybridized carbons (Fsp3) is 0.571. The van der Waals surface area contributed by atoms with Crippen molar-refractivity contribution in [3.8, 4) is 5.75 Å². The molecule has 0 aliphatic heterocycles. The standard InChI is InChI=1S/C14H22OS/c1-4-12(10-16)9-15-14-7-5-13(6-8-14)11(2)3/h5-8,11-12,16H,4,9-10H2,1-3H3. The van der Waals surface area contributed by atoms with E-state index in [1.165, 1.54) is 5.56 Å². The van der Waals surface area contributed by atoms with Crippen molar-refractivity contribution in [2.24, 2.45) is 5.92 Å². The van der Waals surface area contributed by atoms with Crippen molar-refractivity contribution in [1.29, 1.82) is 0 Å². The quantitative estimate of drug-likeness (QED) is 0.733. The molecule has 0 spiro atoms. The van der Waals surface area contributed by atoms with Gasteiger partial charge in [0.15, 0.2) is 0 Å². The van der Waals surface area contributed by atoms with Crippen molar-refractivity contribution in [3.63, 3.8) is 0 Å². The van der Waals surface area contributed by atoms with Gasteiger partial charge in [-0.05, 0) is 35.8 Å². The summed E-state index contributed by atoms with van der Waals surface area (Å²) in [5.74, 6) is 2.98. The zero-order valence-corrected chi connectivity index (χ0v) is 11.3. The van der Waals surface area contributed by atoms with Gasteiger partial charge in [0, 0.05) is 5.92 Å². The average molecular weight is 238 g/mol. The summed E-state index contributed by atoms with van der Waals surface area (Å²) >= 11 is 4.31. The van der Waals surface area contributed by atoms with Crippen LogP contribution in [0.4, 0.5) is 0 Å². The summed E-state index contributed by atoms with van der Waals surface area (Å²) in [6.45, 7) is 7.33. The van der Waals surface area contributed by atoms with Gasteiger partial charge in [0.2, 0.25) is 0 Å². The third kappa shape index (κ3) is 4.09. The molecule has 0 N–H and O–H groups in total. The van der Waals surface area contributed by atoms with Gasteiger partial charge < -0.3 is 4.74 Å². The smallest absolute Gasteiger partial charge is 0.119 e. The highest BCUT2D eigenvalue weighted by atomic mass is 32.1. The van der Waals surface area contributed by atoms with Crippen LogP contribution >= 0.6 is 12.6 Å². The number of thiol groups is 1. The van der Waals surface area contributed by atoms with Crippen molar-refractivity contribution >= 4 is 12.6 Å². The lowest BCUT2D eigenvalue weighted by molar-refractivity contribution is 0.259. The molecule has 2 heteroatoms. The van der Waals surface area contributed by atoms with Gasteiger partial charge in [-0.3, -0.25) is 0 Å². The van der Waals surface area contributed by atoms with Crippen molar-refractivity contribution in [2.75, 3.05) is 12.4 Å². The molecule has 0 aliphatic rings. The van der Waals surface area contributed by atoms with Crippen LogP contribution in [-0.4, -0.2) is 12.4 Å². The van der Waals surface area contributed by atoms with E-state index in [9.17, 15) is 0 Å². The van der Waals surface area contributed by atoms with E-state index in [-0.39, 0.29) is 0 Å². The summed E-state index contributed by atoms with van der Waals surface area (Å²) in [6, 6.07) is 8.39. The first-order valence-electron chi connectivity index (χ1n) is 6.01. The second-order valence-electron chi connectivity index (χ2n) is 4.49. The lowest BCUT2D eigenvalue weighted by Crippen LogP contribution is -2.12. The van der Waals surface area contributed by atoms with E-state index in [1.807, 2.05) is 0 Å². The zero-order valence-electron chi connectivity index (χ0n) is 10.4. The molecule has 1 nitrogen and oxygen atoms in total. The molecular formula is C14H22OS. The topological polar surface area (TPSA) is 9.23 Å². The Kier molecular flexibility index (Phi) is 5.75.